The zero-order valence-electron chi connectivity index (χ0n) is 22.8. The second-order valence-electron chi connectivity index (χ2n) is 9.84. The van der Waals surface area contributed by atoms with E-state index >= 15 is 0 Å². The number of aromatic nitrogens is 1. The number of benzene rings is 3. The predicted octanol–water partition coefficient (Wildman–Crippen LogP) is 4.99. The number of halogens is 1. The number of rotatable bonds is 9. The molecule has 1 saturated heterocycles. The monoisotopic (exact) mass is 595 g/mol. The van der Waals surface area contributed by atoms with Crippen LogP contribution < -0.4 is 5.14 Å². The first-order valence-corrected chi connectivity index (χ1v) is 14.7. The first-order valence-electron chi connectivity index (χ1n) is 13.2. The van der Waals surface area contributed by atoms with Crippen LogP contribution >= 0.6 is 0 Å². The van der Waals surface area contributed by atoms with E-state index in [1.54, 1.807) is 19.2 Å². The number of ether oxygens (including phenoxy) is 3. The maximum absolute atomic E-state index is 14.6. The molecule has 0 aliphatic carbocycles. The van der Waals surface area contributed by atoms with Crippen LogP contribution in [-0.2, 0) is 42.9 Å². The van der Waals surface area contributed by atoms with Gasteiger partial charge < -0.3 is 23.8 Å². The standard InChI is InChI=1S/C30H30FN3O7S/c1-38-30(11-13-39-14-12-30)23-15-20(16-24(31)17-23)19-40-27(34-35)18-26-33-28(21-5-3-2-4-6-21)29(41-26)22-7-9-25(10-8-22)42(32,36)37/h2-10,15-17,35H,11-14,18-19H2,1H3,(H2,32,36,37)/b34-27-. The van der Waals surface area contributed by atoms with Gasteiger partial charge in [0, 0.05) is 44.3 Å². The zero-order valence-corrected chi connectivity index (χ0v) is 23.6. The maximum atomic E-state index is 14.6. The minimum Gasteiger partial charge on any atom is -0.473 e. The first-order chi connectivity index (χ1) is 20.2. The summed E-state index contributed by atoms with van der Waals surface area (Å²) in [5, 5.41) is 18.2. The van der Waals surface area contributed by atoms with Crippen molar-refractivity contribution in [3.05, 3.63) is 95.6 Å². The number of primary sulfonamides is 1. The molecule has 1 fully saturated rings. The highest BCUT2D eigenvalue weighted by Gasteiger charge is 2.35. The van der Waals surface area contributed by atoms with Crippen molar-refractivity contribution < 1.29 is 36.6 Å². The van der Waals surface area contributed by atoms with Gasteiger partial charge in [-0.05, 0) is 53.6 Å². The van der Waals surface area contributed by atoms with Crippen molar-refractivity contribution in [1.29, 1.82) is 0 Å². The Balaban J connectivity index is 1.38. The lowest BCUT2D eigenvalue weighted by molar-refractivity contribution is -0.0949. The SMILES string of the molecule is COC1(c2cc(F)cc(CO/C(Cc3nc(-c4ccccc4)c(-c4ccc(S(N)(=O)=O)cc4)o3)=N\O)c2)CCOCC1. The summed E-state index contributed by atoms with van der Waals surface area (Å²) in [7, 11) is -2.26. The van der Waals surface area contributed by atoms with Gasteiger partial charge in [0.05, 0.1) is 10.5 Å². The Hall–Kier alpha value is -4.10. The average molecular weight is 596 g/mol. The summed E-state index contributed by atoms with van der Waals surface area (Å²) in [4.78, 5) is 4.57. The van der Waals surface area contributed by atoms with Gasteiger partial charge in [-0.2, -0.15) is 0 Å². The molecule has 0 radical (unpaired) electrons. The summed E-state index contributed by atoms with van der Waals surface area (Å²) in [6, 6.07) is 19.8. The van der Waals surface area contributed by atoms with E-state index in [-0.39, 0.29) is 29.7 Å². The van der Waals surface area contributed by atoms with Crippen LogP contribution in [0.4, 0.5) is 4.39 Å². The minimum absolute atomic E-state index is 0.0379. The molecule has 1 aliphatic rings. The third kappa shape index (κ3) is 6.52. The van der Waals surface area contributed by atoms with E-state index in [4.69, 9.17) is 23.8 Å². The number of sulfonamides is 1. The van der Waals surface area contributed by atoms with Crippen LogP contribution in [0.3, 0.4) is 0 Å². The molecule has 0 saturated carbocycles. The molecule has 0 atom stereocenters. The van der Waals surface area contributed by atoms with Gasteiger partial charge >= 0.3 is 0 Å². The van der Waals surface area contributed by atoms with Crippen LogP contribution in [0, 0.1) is 5.82 Å². The largest absolute Gasteiger partial charge is 0.473 e. The van der Waals surface area contributed by atoms with Gasteiger partial charge in [-0.25, -0.2) is 22.9 Å². The van der Waals surface area contributed by atoms with Gasteiger partial charge in [0.2, 0.25) is 21.8 Å². The second-order valence-corrected chi connectivity index (χ2v) is 11.4. The third-order valence-electron chi connectivity index (χ3n) is 7.16. The lowest BCUT2D eigenvalue weighted by atomic mass is 9.85. The Morgan fingerprint density at radius 1 is 1.07 bits per heavy atom. The van der Waals surface area contributed by atoms with Gasteiger partial charge in [-0.3, -0.25) is 0 Å². The molecule has 1 aromatic heterocycles. The quantitative estimate of drug-likeness (QED) is 0.119. The normalized spacial score (nSPS) is 15.5. The molecule has 4 aromatic rings. The summed E-state index contributed by atoms with van der Waals surface area (Å²) >= 11 is 0. The topological polar surface area (TPSA) is 146 Å². The average Bonchev–Trinajstić information content (AvgIpc) is 3.43. The van der Waals surface area contributed by atoms with Gasteiger partial charge in [0.25, 0.3) is 0 Å². The molecule has 0 bridgehead atoms. The molecule has 220 valence electrons. The number of oxime groups is 1. The highest BCUT2D eigenvalue weighted by molar-refractivity contribution is 7.89. The van der Waals surface area contributed by atoms with Gasteiger partial charge in [-0.15, -0.1) is 0 Å². The number of hydrogen-bond donors (Lipinski definition) is 2. The highest BCUT2D eigenvalue weighted by Crippen LogP contribution is 2.37. The van der Waals surface area contributed by atoms with Gasteiger partial charge in [0.15, 0.2) is 5.76 Å². The molecule has 2 heterocycles. The molecule has 0 unspecified atom stereocenters. The number of nitrogens with two attached hydrogens (primary N) is 1. The third-order valence-corrected chi connectivity index (χ3v) is 8.09. The van der Waals surface area contributed by atoms with Crippen LogP contribution in [0.1, 0.15) is 29.9 Å². The number of oxazole rings is 1. The number of nitrogens with zero attached hydrogens (tertiary/aromatic N) is 2. The fraction of sp³-hybridized carbons (Fsp3) is 0.267. The molecule has 1 aliphatic heterocycles. The van der Waals surface area contributed by atoms with Crippen molar-refractivity contribution in [3.63, 3.8) is 0 Å². The zero-order chi connectivity index (χ0) is 29.7. The molecule has 10 nitrogen and oxygen atoms in total. The van der Waals surface area contributed by atoms with E-state index in [0.717, 1.165) is 5.56 Å². The van der Waals surface area contributed by atoms with Crippen LogP contribution in [-0.4, -0.2) is 44.8 Å². The molecule has 5 rings (SSSR count). The second kappa shape index (κ2) is 12.4. The van der Waals surface area contributed by atoms with Crippen LogP contribution in [0.2, 0.25) is 0 Å². The summed E-state index contributed by atoms with van der Waals surface area (Å²) < 4.78 is 61.1. The smallest absolute Gasteiger partial charge is 0.238 e. The molecule has 3 N–H and O–H groups in total. The summed E-state index contributed by atoms with van der Waals surface area (Å²) in [6.45, 7) is 0.947. The molecule has 0 spiro atoms. The van der Waals surface area contributed by atoms with E-state index in [2.05, 4.69) is 10.1 Å². The van der Waals surface area contributed by atoms with Crippen molar-refractivity contribution in [2.75, 3.05) is 20.3 Å². The Morgan fingerprint density at radius 3 is 2.43 bits per heavy atom. The number of methoxy groups -OCH3 is 1. The Labute approximate surface area is 242 Å². The van der Waals surface area contributed by atoms with E-state index in [9.17, 15) is 18.0 Å². The Morgan fingerprint density at radius 2 is 1.79 bits per heavy atom. The van der Waals surface area contributed by atoms with Gasteiger partial charge in [-0.1, -0.05) is 35.5 Å². The minimum atomic E-state index is -3.87. The number of hydrogen-bond acceptors (Lipinski definition) is 9. The van der Waals surface area contributed by atoms with Crippen molar-refractivity contribution in [1.82, 2.24) is 4.98 Å². The summed E-state index contributed by atoms with van der Waals surface area (Å²) in [5.74, 6) is 0.0401. The van der Waals surface area contributed by atoms with E-state index in [1.165, 1.54) is 24.3 Å². The molecular weight excluding hydrogens is 565 g/mol. The maximum Gasteiger partial charge on any atom is 0.238 e. The van der Waals surface area contributed by atoms with Crippen molar-refractivity contribution in [3.8, 4) is 22.6 Å². The van der Waals surface area contributed by atoms with Crippen molar-refractivity contribution >= 4 is 15.9 Å². The van der Waals surface area contributed by atoms with Crippen LogP contribution in [0.25, 0.3) is 22.6 Å². The Kier molecular flexibility index (Phi) is 8.69. The van der Waals surface area contributed by atoms with Crippen LogP contribution in [0.15, 0.2) is 87.3 Å². The molecule has 3 aromatic carbocycles. The van der Waals surface area contributed by atoms with Crippen molar-refractivity contribution in [2.45, 2.75) is 36.4 Å². The fourth-order valence-corrected chi connectivity index (χ4v) is 5.46. The van der Waals surface area contributed by atoms with E-state index in [0.29, 0.717) is 54.2 Å². The predicted molar refractivity (Wildman–Crippen MR) is 152 cm³/mol. The first kappa shape index (κ1) is 29.4. The fourth-order valence-electron chi connectivity index (χ4n) is 4.94. The van der Waals surface area contributed by atoms with Gasteiger partial charge in [0.1, 0.15) is 24.5 Å². The lowest BCUT2D eigenvalue weighted by Gasteiger charge is -2.36. The molecule has 12 heteroatoms. The van der Waals surface area contributed by atoms with E-state index < -0.39 is 21.4 Å². The van der Waals surface area contributed by atoms with Crippen molar-refractivity contribution in [2.24, 2.45) is 10.3 Å². The molecule has 42 heavy (non-hydrogen) atoms. The highest BCUT2D eigenvalue weighted by atomic mass is 32.2. The molecular formula is C30H30FN3O7S. The lowest BCUT2D eigenvalue weighted by Crippen LogP contribution is -2.35. The molecule has 0 amide bonds. The summed E-state index contributed by atoms with van der Waals surface area (Å²) in [6.07, 6.45) is 1.09. The van der Waals surface area contributed by atoms with E-state index in [1.807, 2.05) is 36.4 Å². The summed E-state index contributed by atoms with van der Waals surface area (Å²) in [5.41, 5.74) is 2.39. The Bertz CT molecular complexity index is 1670. The van der Waals surface area contributed by atoms with Crippen LogP contribution in [0.5, 0.6) is 0 Å².